The zero-order valence-electron chi connectivity index (χ0n) is 16.6. The predicted molar refractivity (Wildman–Crippen MR) is 111 cm³/mol. The maximum atomic E-state index is 13.2. The minimum atomic E-state index is -4.46. The van der Waals surface area contributed by atoms with Crippen LogP contribution in [0.1, 0.15) is 40.0 Å². The number of nitrogen functional groups attached to an aromatic ring is 1. The quantitative estimate of drug-likeness (QED) is 0.682. The van der Waals surface area contributed by atoms with Gasteiger partial charge < -0.3 is 20.7 Å². The Morgan fingerprint density at radius 2 is 1.93 bits per heavy atom. The molecular weight excluding hydrogens is 419 g/mol. The molecule has 0 aromatic heterocycles. The number of rotatable bonds is 4. The maximum absolute atomic E-state index is 13.2. The van der Waals surface area contributed by atoms with Gasteiger partial charge in [0.1, 0.15) is 0 Å². The molecule has 3 N–H and O–H groups in total. The third-order valence-corrected chi connectivity index (χ3v) is 5.51. The lowest BCUT2D eigenvalue weighted by atomic mass is 9.97. The van der Waals surface area contributed by atoms with Crippen molar-refractivity contribution in [3.05, 3.63) is 57.6 Å². The monoisotopic (exact) mass is 441 g/mol. The minimum Gasteiger partial charge on any atom is -0.398 e. The SMILES string of the molecule is Cc1c([C@@H](C)NC(=O)c2cc(N3CCOCC3)c(Cl)cc2N)cccc1C(F)(F)F. The van der Waals surface area contributed by atoms with Crippen molar-refractivity contribution in [3.8, 4) is 0 Å². The first kappa shape index (κ1) is 22.2. The number of carbonyl (C=O) groups excluding carboxylic acids is 1. The van der Waals surface area contributed by atoms with Gasteiger partial charge in [-0.15, -0.1) is 0 Å². The third-order valence-electron chi connectivity index (χ3n) is 5.21. The number of halogens is 4. The lowest BCUT2D eigenvalue weighted by molar-refractivity contribution is -0.138. The zero-order chi connectivity index (χ0) is 22.1. The van der Waals surface area contributed by atoms with Crippen LogP contribution in [0.2, 0.25) is 5.02 Å². The number of nitrogens with one attached hydrogen (secondary N) is 1. The highest BCUT2D eigenvalue weighted by Gasteiger charge is 2.33. The Labute approximate surface area is 177 Å². The summed E-state index contributed by atoms with van der Waals surface area (Å²) in [5.74, 6) is -0.483. The molecule has 9 heteroatoms. The molecule has 0 spiro atoms. The molecule has 0 radical (unpaired) electrons. The highest BCUT2D eigenvalue weighted by Crippen LogP contribution is 2.35. The summed E-state index contributed by atoms with van der Waals surface area (Å²) in [4.78, 5) is 14.9. The van der Waals surface area contributed by atoms with Crippen LogP contribution in [0, 0.1) is 6.92 Å². The fraction of sp³-hybridized carbons (Fsp3) is 0.381. The average Bonchev–Trinajstić information content (AvgIpc) is 2.67. The molecule has 1 atom stereocenters. The van der Waals surface area contributed by atoms with Gasteiger partial charge in [0.2, 0.25) is 0 Å². The lowest BCUT2D eigenvalue weighted by Gasteiger charge is -2.30. The van der Waals surface area contributed by atoms with Gasteiger partial charge in [0.25, 0.3) is 5.91 Å². The lowest BCUT2D eigenvalue weighted by Crippen LogP contribution is -2.36. The van der Waals surface area contributed by atoms with Crippen molar-refractivity contribution in [1.82, 2.24) is 5.32 Å². The molecular formula is C21H23ClF3N3O2. The molecule has 1 aliphatic rings. The molecule has 162 valence electrons. The number of carbonyl (C=O) groups is 1. The van der Waals surface area contributed by atoms with Crippen molar-refractivity contribution < 1.29 is 22.7 Å². The van der Waals surface area contributed by atoms with Gasteiger partial charge in [-0.05, 0) is 43.2 Å². The molecule has 5 nitrogen and oxygen atoms in total. The van der Waals surface area contributed by atoms with Crippen LogP contribution in [0.25, 0.3) is 0 Å². The first-order chi connectivity index (χ1) is 14.1. The van der Waals surface area contributed by atoms with Crippen LogP contribution >= 0.6 is 11.6 Å². The van der Waals surface area contributed by atoms with Gasteiger partial charge in [-0.3, -0.25) is 4.79 Å². The largest absolute Gasteiger partial charge is 0.416 e. The van der Waals surface area contributed by atoms with Crippen molar-refractivity contribution >= 4 is 28.9 Å². The van der Waals surface area contributed by atoms with E-state index in [2.05, 4.69) is 5.32 Å². The number of anilines is 2. The Hall–Kier alpha value is -2.45. The summed E-state index contributed by atoms with van der Waals surface area (Å²) in [5, 5.41) is 3.17. The van der Waals surface area contributed by atoms with Gasteiger partial charge in [0.05, 0.1) is 41.1 Å². The van der Waals surface area contributed by atoms with Crippen LogP contribution in [0.4, 0.5) is 24.5 Å². The van der Waals surface area contributed by atoms with E-state index in [0.717, 1.165) is 6.07 Å². The molecule has 1 saturated heterocycles. The van der Waals surface area contributed by atoms with E-state index in [1.807, 2.05) is 4.90 Å². The summed E-state index contributed by atoms with van der Waals surface area (Å²) in [5.41, 5.74) is 6.84. The van der Waals surface area contributed by atoms with Crippen LogP contribution in [0.3, 0.4) is 0 Å². The van der Waals surface area contributed by atoms with E-state index < -0.39 is 23.7 Å². The molecule has 3 rings (SSSR count). The Balaban J connectivity index is 1.86. The van der Waals surface area contributed by atoms with Gasteiger partial charge in [0.15, 0.2) is 0 Å². The number of ether oxygens (including phenoxy) is 1. The standard InChI is InChI=1S/C21H23ClF3N3O2/c1-12-14(4-3-5-16(12)21(23,24)25)13(2)27-20(29)15-10-19(17(22)11-18(15)26)28-6-8-30-9-7-28/h3-5,10-11,13H,6-9,26H2,1-2H3,(H,27,29)/t13-/m1/s1. The summed E-state index contributed by atoms with van der Waals surface area (Å²) in [6.07, 6.45) is -4.46. The zero-order valence-corrected chi connectivity index (χ0v) is 17.4. The van der Waals surface area contributed by atoms with Gasteiger partial charge in [-0.2, -0.15) is 13.2 Å². The van der Waals surface area contributed by atoms with E-state index in [4.69, 9.17) is 22.1 Å². The third kappa shape index (κ3) is 4.65. The van der Waals surface area contributed by atoms with Crippen LogP contribution < -0.4 is 16.0 Å². The van der Waals surface area contributed by atoms with Crippen molar-refractivity contribution in [2.24, 2.45) is 0 Å². The molecule has 0 aliphatic carbocycles. The Morgan fingerprint density at radius 1 is 1.27 bits per heavy atom. The predicted octanol–water partition coefficient (Wildman–Crippen LogP) is 4.58. The fourth-order valence-electron chi connectivity index (χ4n) is 3.60. The van der Waals surface area contributed by atoms with Gasteiger partial charge in [0, 0.05) is 18.8 Å². The number of hydrogen-bond donors (Lipinski definition) is 2. The first-order valence-electron chi connectivity index (χ1n) is 9.49. The molecule has 1 fully saturated rings. The summed E-state index contributed by atoms with van der Waals surface area (Å²) in [6.45, 7) is 5.39. The number of nitrogens with zero attached hydrogens (tertiary/aromatic N) is 1. The van der Waals surface area contributed by atoms with Crippen molar-refractivity contribution in [1.29, 1.82) is 0 Å². The van der Waals surface area contributed by atoms with Crippen molar-refractivity contribution in [2.75, 3.05) is 36.9 Å². The normalized spacial score (nSPS) is 15.7. The summed E-state index contributed by atoms with van der Waals surface area (Å²) >= 11 is 6.32. The van der Waals surface area contributed by atoms with E-state index in [1.165, 1.54) is 19.1 Å². The number of amides is 1. The van der Waals surface area contributed by atoms with Crippen LogP contribution in [-0.2, 0) is 10.9 Å². The highest BCUT2D eigenvalue weighted by molar-refractivity contribution is 6.33. The highest BCUT2D eigenvalue weighted by atomic mass is 35.5. The van der Waals surface area contributed by atoms with E-state index in [1.54, 1.807) is 19.1 Å². The van der Waals surface area contributed by atoms with E-state index >= 15 is 0 Å². The van der Waals surface area contributed by atoms with Crippen molar-refractivity contribution in [2.45, 2.75) is 26.1 Å². The number of nitrogens with two attached hydrogens (primary N) is 1. The molecule has 1 aliphatic heterocycles. The van der Waals surface area contributed by atoms with Gasteiger partial charge in [-0.25, -0.2) is 0 Å². The molecule has 1 amide bonds. The number of morpholine rings is 1. The fourth-order valence-corrected chi connectivity index (χ4v) is 3.89. The van der Waals surface area contributed by atoms with Crippen molar-refractivity contribution in [3.63, 3.8) is 0 Å². The smallest absolute Gasteiger partial charge is 0.398 e. The van der Waals surface area contributed by atoms with Crippen LogP contribution in [0.5, 0.6) is 0 Å². The van der Waals surface area contributed by atoms with E-state index in [0.29, 0.717) is 42.6 Å². The number of hydrogen-bond acceptors (Lipinski definition) is 4. The van der Waals surface area contributed by atoms with Gasteiger partial charge >= 0.3 is 6.18 Å². The average molecular weight is 442 g/mol. The van der Waals surface area contributed by atoms with Gasteiger partial charge in [-0.1, -0.05) is 23.7 Å². The minimum absolute atomic E-state index is 0.0795. The summed E-state index contributed by atoms with van der Waals surface area (Å²) in [7, 11) is 0. The molecule has 0 bridgehead atoms. The summed E-state index contributed by atoms with van der Waals surface area (Å²) in [6, 6.07) is 6.41. The van der Waals surface area contributed by atoms with Crippen LogP contribution in [0.15, 0.2) is 30.3 Å². The molecule has 2 aromatic rings. The second kappa shape index (κ2) is 8.73. The van der Waals surface area contributed by atoms with E-state index in [9.17, 15) is 18.0 Å². The Kier molecular flexibility index (Phi) is 6.47. The first-order valence-corrected chi connectivity index (χ1v) is 9.86. The second-order valence-corrected chi connectivity index (χ2v) is 7.61. The van der Waals surface area contributed by atoms with Crippen LogP contribution in [-0.4, -0.2) is 32.2 Å². The molecule has 2 aromatic carbocycles. The second-order valence-electron chi connectivity index (χ2n) is 7.20. The molecule has 30 heavy (non-hydrogen) atoms. The molecule has 0 unspecified atom stereocenters. The van der Waals surface area contributed by atoms with E-state index in [-0.39, 0.29) is 16.8 Å². The summed E-state index contributed by atoms with van der Waals surface area (Å²) < 4.78 is 44.9. The Bertz CT molecular complexity index is 944. The topological polar surface area (TPSA) is 67.6 Å². The molecule has 0 saturated carbocycles. The number of benzene rings is 2. The Morgan fingerprint density at radius 3 is 2.57 bits per heavy atom. The maximum Gasteiger partial charge on any atom is 0.416 e. The number of alkyl halides is 3. The molecule has 1 heterocycles.